The molecule has 0 fully saturated rings. The lowest BCUT2D eigenvalue weighted by Crippen LogP contribution is -2.16. The van der Waals surface area contributed by atoms with Crippen LogP contribution in [0.25, 0.3) is 0 Å². The van der Waals surface area contributed by atoms with Crippen LogP contribution in [0, 0.1) is 5.92 Å². The first-order chi connectivity index (χ1) is 14.8. The van der Waals surface area contributed by atoms with E-state index in [2.05, 4.69) is 13.8 Å². The minimum absolute atomic E-state index is 0. The Balaban J connectivity index is -0.00000198. The molecule has 1 atom stereocenters. The van der Waals surface area contributed by atoms with Gasteiger partial charge >= 0.3 is 6.15 Å². The first kappa shape index (κ1) is 35.5. The van der Waals surface area contributed by atoms with E-state index in [1.807, 2.05) is 20.8 Å². The third-order valence-electron chi connectivity index (χ3n) is 3.89. The van der Waals surface area contributed by atoms with Crippen LogP contribution < -0.4 is 0 Å². The van der Waals surface area contributed by atoms with E-state index in [4.69, 9.17) is 28.5 Å². The fourth-order valence-electron chi connectivity index (χ4n) is 2.26. The van der Waals surface area contributed by atoms with Crippen molar-refractivity contribution in [2.45, 2.75) is 71.8 Å². The quantitative estimate of drug-likeness (QED) is 0.242. The molecule has 32 heavy (non-hydrogen) atoms. The van der Waals surface area contributed by atoms with Gasteiger partial charge in [-0.05, 0) is 18.6 Å². The second-order valence-electron chi connectivity index (χ2n) is 7.30. The maximum absolute atomic E-state index is 11.9. The summed E-state index contributed by atoms with van der Waals surface area (Å²) < 4.78 is 21.7. The lowest BCUT2D eigenvalue weighted by atomic mass is 10.1. The van der Waals surface area contributed by atoms with Crippen molar-refractivity contribution in [3.05, 3.63) is 0 Å². The van der Waals surface area contributed by atoms with E-state index in [0.717, 1.165) is 6.42 Å². The van der Waals surface area contributed by atoms with Gasteiger partial charge in [0.15, 0.2) is 0 Å². The number of hydrogen-bond acceptors (Lipinski definition) is 9. The highest BCUT2D eigenvalue weighted by Crippen LogP contribution is 2.18. The Morgan fingerprint density at radius 1 is 0.688 bits per heavy atom. The first-order valence-corrected chi connectivity index (χ1v) is 11.7. The Morgan fingerprint density at radius 3 is 1.50 bits per heavy atom. The molecule has 0 heterocycles. The van der Waals surface area contributed by atoms with E-state index >= 15 is 0 Å². The van der Waals surface area contributed by atoms with Crippen LogP contribution in [0.3, 0.4) is 0 Å². The Labute approximate surface area is 198 Å². The molecule has 0 aromatic rings. The number of carbonyl (C=O) groups is 2. The highest BCUT2D eigenvalue weighted by molar-refractivity contribution is 8.01. The maximum atomic E-state index is 11.9. The van der Waals surface area contributed by atoms with Gasteiger partial charge in [-0.15, -0.1) is 11.8 Å². The Hall–Kier alpha value is -1.09. The number of ether oxygens (including phenoxy) is 4. The molecule has 0 rings (SSSR count). The van der Waals surface area contributed by atoms with Crippen LogP contribution in [0.4, 0.5) is 0 Å². The summed E-state index contributed by atoms with van der Waals surface area (Å²) >= 11 is 1.71. The van der Waals surface area contributed by atoms with Gasteiger partial charge in [-0.25, -0.2) is 0 Å². The molecule has 0 aromatic carbocycles. The monoisotopic (exact) mass is 480 g/mol. The Kier molecular flexibility index (Phi) is 29.0. The van der Waals surface area contributed by atoms with Crippen molar-refractivity contribution in [1.82, 2.24) is 0 Å². The highest BCUT2D eigenvalue weighted by Gasteiger charge is 2.14. The predicted molar refractivity (Wildman–Crippen MR) is 126 cm³/mol. The summed E-state index contributed by atoms with van der Waals surface area (Å²) in [5.41, 5.74) is 0. The van der Waals surface area contributed by atoms with Gasteiger partial charge in [0.1, 0.15) is 11.6 Å². The molecule has 0 aliphatic carbocycles. The molecule has 0 spiro atoms. The van der Waals surface area contributed by atoms with Gasteiger partial charge in [-0.1, -0.05) is 35.1 Å². The van der Waals surface area contributed by atoms with Gasteiger partial charge in [0.2, 0.25) is 0 Å². The van der Waals surface area contributed by atoms with Crippen molar-refractivity contribution in [1.29, 1.82) is 0 Å². The third-order valence-corrected chi connectivity index (χ3v) is 5.11. The van der Waals surface area contributed by atoms with Crippen LogP contribution in [0.5, 0.6) is 0 Å². The van der Waals surface area contributed by atoms with Gasteiger partial charge < -0.3 is 18.9 Å². The van der Waals surface area contributed by atoms with E-state index in [1.165, 1.54) is 0 Å². The fourth-order valence-corrected chi connectivity index (χ4v) is 3.35. The molecule has 0 N–H and O–H groups in total. The fraction of sp³-hybridized carbons (Fsp3) is 0.870. The van der Waals surface area contributed by atoms with Crippen LogP contribution in [0.15, 0.2) is 0 Å². The summed E-state index contributed by atoms with van der Waals surface area (Å²) in [4.78, 5) is 39.6. The summed E-state index contributed by atoms with van der Waals surface area (Å²) in [6.45, 7) is 14.1. The average molecular weight is 481 g/mol. The summed E-state index contributed by atoms with van der Waals surface area (Å²) in [6.07, 6.45) is 2.04. The van der Waals surface area contributed by atoms with E-state index in [0.29, 0.717) is 76.7 Å². The van der Waals surface area contributed by atoms with Gasteiger partial charge in [0.25, 0.3) is 0 Å². The zero-order valence-electron chi connectivity index (χ0n) is 19.7. The molecule has 0 saturated carbocycles. The van der Waals surface area contributed by atoms with Crippen molar-refractivity contribution >= 4 is 29.5 Å². The normalized spacial score (nSPS) is 11.3. The number of carbonyl (C=O) groups excluding carboxylic acids is 4. The predicted octanol–water partition coefficient (Wildman–Crippen LogP) is 3.60. The number of ketones is 2. The zero-order valence-corrected chi connectivity index (χ0v) is 20.5. The largest absolute Gasteiger partial charge is 0.379 e. The standard InChI is InChI=1S/C21H40O6S.CO2.CH4/c1-17(2)20(22)8-10-25-12-14-27-16-15-26-13-11-24-9-6-7-21(23)19(5)28-18(3)4;2-1-3;/h17-19H,6-16H2,1-5H3;;1H4. The highest BCUT2D eigenvalue weighted by atomic mass is 32.2. The second-order valence-corrected chi connectivity index (χ2v) is 9.22. The number of rotatable bonds is 20. The maximum Gasteiger partial charge on any atom is 0.373 e. The number of Topliss-reactive ketones (excluding diaryl/α,β-unsaturated/α-hetero) is 2. The van der Waals surface area contributed by atoms with Crippen molar-refractivity contribution in [3.8, 4) is 0 Å². The molecular weight excluding hydrogens is 436 g/mol. The molecule has 0 aliphatic heterocycles. The molecule has 0 aliphatic rings. The lowest BCUT2D eigenvalue weighted by Gasteiger charge is -2.12. The SMILES string of the molecule is C.CC(C)SC(C)C(=O)CCCOCCOCCOCCOCCC(=O)C(C)C.O=C=O. The molecule has 0 radical (unpaired) electrons. The van der Waals surface area contributed by atoms with Gasteiger partial charge in [-0.2, -0.15) is 9.59 Å². The van der Waals surface area contributed by atoms with Crippen LogP contribution in [-0.4, -0.2) is 81.1 Å². The summed E-state index contributed by atoms with van der Waals surface area (Å²) in [6, 6.07) is 0. The minimum atomic E-state index is 0. The number of hydrogen-bond donors (Lipinski definition) is 0. The van der Waals surface area contributed by atoms with Gasteiger partial charge in [0, 0.05) is 25.4 Å². The summed E-state index contributed by atoms with van der Waals surface area (Å²) in [7, 11) is 0. The minimum Gasteiger partial charge on any atom is -0.379 e. The van der Waals surface area contributed by atoms with E-state index in [-0.39, 0.29) is 30.5 Å². The topological polar surface area (TPSA) is 105 Å². The van der Waals surface area contributed by atoms with Crippen LogP contribution in [-0.2, 0) is 38.1 Å². The van der Waals surface area contributed by atoms with Gasteiger partial charge in [0.05, 0.1) is 51.5 Å². The van der Waals surface area contributed by atoms with Crippen molar-refractivity contribution < 1.29 is 38.1 Å². The Morgan fingerprint density at radius 2 is 1.09 bits per heavy atom. The zero-order chi connectivity index (χ0) is 23.9. The molecule has 0 amide bonds. The van der Waals surface area contributed by atoms with Crippen LogP contribution >= 0.6 is 11.8 Å². The molecule has 9 heteroatoms. The summed E-state index contributed by atoms with van der Waals surface area (Å²) in [5, 5.41) is 0.542. The van der Waals surface area contributed by atoms with E-state index in [9.17, 15) is 9.59 Å². The first-order valence-electron chi connectivity index (χ1n) is 10.8. The summed E-state index contributed by atoms with van der Waals surface area (Å²) in [5.74, 6) is 0.593. The van der Waals surface area contributed by atoms with Crippen LogP contribution in [0.2, 0.25) is 0 Å². The van der Waals surface area contributed by atoms with Crippen LogP contribution in [0.1, 0.15) is 61.3 Å². The second kappa shape index (κ2) is 26.2. The molecule has 8 nitrogen and oxygen atoms in total. The molecule has 0 saturated heterocycles. The Bertz CT molecular complexity index is 477. The van der Waals surface area contributed by atoms with Crippen molar-refractivity contribution in [3.63, 3.8) is 0 Å². The molecule has 1 unspecified atom stereocenters. The molecule has 190 valence electrons. The third kappa shape index (κ3) is 26.9. The molecule has 0 aromatic heterocycles. The molecule has 0 bridgehead atoms. The number of thioether (sulfide) groups is 1. The molecular formula is C23H44O8S. The van der Waals surface area contributed by atoms with Crippen molar-refractivity contribution in [2.75, 3.05) is 52.9 Å². The van der Waals surface area contributed by atoms with Crippen molar-refractivity contribution in [2.24, 2.45) is 5.92 Å². The smallest absolute Gasteiger partial charge is 0.373 e. The van der Waals surface area contributed by atoms with E-state index in [1.54, 1.807) is 11.8 Å². The average Bonchev–Trinajstić information content (AvgIpc) is 2.70. The van der Waals surface area contributed by atoms with Gasteiger partial charge in [-0.3, -0.25) is 9.59 Å². The lowest BCUT2D eigenvalue weighted by molar-refractivity contribution is -0.191. The van der Waals surface area contributed by atoms with E-state index < -0.39 is 0 Å².